The van der Waals surface area contributed by atoms with Gasteiger partial charge in [-0.2, -0.15) is 0 Å². The molecule has 13 heavy (non-hydrogen) atoms. The summed E-state index contributed by atoms with van der Waals surface area (Å²) < 4.78 is 0. The van der Waals surface area contributed by atoms with Crippen LogP contribution < -0.4 is 0 Å². The van der Waals surface area contributed by atoms with Crippen molar-refractivity contribution in [2.45, 2.75) is 46.0 Å². The van der Waals surface area contributed by atoms with E-state index in [-0.39, 0.29) is 5.92 Å². The predicted molar refractivity (Wildman–Crippen MR) is 53.4 cm³/mol. The Morgan fingerprint density at radius 1 is 1.15 bits per heavy atom. The van der Waals surface area contributed by atoms with Crippen LogP contribution in [-0.2, 0) is 4.79 Å². The summed E-state index contributed by atoms with van der Waals surface area (Å²) in [5, 5.41) is 0. The smallest absolute Gasteiger partial charge is 0.135 e. The largest absolute Gasteiger partial charge is 0.299 e. The summed E-state index contributed by atoms with van der Waals surface area (Å²) in [5.41, 5.74) is 0. The molecule has 1 heteroatoms. The Morgan fingerprint density at radius 3 is 1.92 bits per heavy atom. The summed E-state index contributed by atoms with van der Waals surface area (Å²) >= 11 is 0. The van der Waals surface area contributed by atoms with Gasteiger partial charge in [0.25, 0.3) is 0 Å². The topological polar surface area (TPSA) is 17.1 Å². The molecule has 0 aromatic carbocycles. The third-order valence-corrected chi connectivity index (χ3v) is 3.54. The van der Waals surface area contributed by atoms with Crippen LogP contribution in [0.5, 0.6) is 0 Å². The summed E-state index contributed by atoms with van der Waals surface area (Å²) in [6, 6.07) is 0. The van der Waals surface area contributed by atoms with E-state index in [1.54, 1.807) is 0 Å². The van der Waals surface area contributed by atoms with E-state index in [1.165, 1.54) is 25.7 Å². The highest BCUT2D eigenvalue weighted by molar-refractivity contribution is 5.80. The Kier molecular flexibility index (Phi) is 2.44. The molecular weight excluding hydrogens is 160 g/mol. The first kappa shape index (κ1) is 9.23. The van der Waals surface area contributed by atoms with E-state index in [1.807, 2.05) is 13.8 Å². The summed E-state index contributed by atoms with van der Waals surface area (Å²) in [4.78, 5) is 11.6. The second-order valence-corrected chi connectivity index (χ2v) is 5.16. The van der Waals surface area contributed by atoms with Crippen molar-refractivity contribution in [1.29, 1.82) is 0 Å². The molecule has 2 aliphatic rings. The van der Waals surface area contributed by atoms with E-state index in [4.69, 9.17) is 0 Å². The third-order valence-electron chi connectivity index (χ3n) is 3.54. The van der Waals surface area contributed by atoms with Crippen LogP contribution in [0.25, 0.3) is 0 Å². The van der Waals surface area contributed by atoms with Gasteiger partial charge in [0.05, 0.1) is 0 Å². The maximum Gasteiger partial charge on any atom is 0.135 e. The molecule has 2 fully saturated rings. The highest BCUT2D eigenvalue weighted by Crippen LogP contribution is 2.50. The Labute approximate surface area is 80.9 Å². The van der Waals surface area contributed by atoms with Gasteiger partial charge in [-0.3, -0.25) is 4.79 Å². The lowest BCUT2D eigenvalue weighted by atomic mass is 9.89. The van der Waals surface area contributed by atoms with Crippen LogP contribution in [0.2, 0.25) is 0 Å². The molecule has 0 aliphatic heterocycles. The van der Waals surface area contributed by atoms with Crippen molar-refractivity contribution < 1.29 is 4.79 Å². The molecule has 74 valence electrons. The lowest BCUT2D eigenvalue weighted by Crippen LogP contribution is -2.16. The van der Waals surface area contributed by atoms with Crippen LogP contribution in [0.15, 0.2) is 0 Å². The summed E-state index contributed by atoms with van der Waals surface area (Å²) in [6.07, 6.45) is 6.46. The highest BCUT2D eigenvalue weighted by Gasteiger charge is 2.42. The molecule has 0 atom stereocenters. The highest BCUT2D eigenvalue weighted by atomic mass is 16.1. The van der Waals surface area contributed by atoms with E-state index >= 15 is 0 Å². The van der Waals surface area contributed by atoms with Crippen molar-refractivity contribution in [3.63, 3.8) is 0 Å². The molecule has 0 amide bonds. The van der Waals surface area contributed by atoms with E-state index in [2.05, 4.69) is 0 Å². The van der Waals surface area contributed by atoms with Gasteiger partial charge in [-0.15, -0.1) is 0 Å². The first-order valence-corrected chi connectivity index (χ1v) is 5.71. The molecule has 2 saturated carbocycles. The minimum absolute atomic E-state index is 0.250. The molecule has 0 bridgehead atoms. The first-order chi connectivity index (χ1) is 6.18. The van der Waals surface area contributed by atoms with Gasteiger partial charge in [0.15, 0.2) is 0 Å². The number of carbonyl (C=O) groups excluding carboxylic acids is 1. The predicted octanol–water partition coefficient (Wildman–Crippen LogP) is 3.04. The molecule has 2 aliphatic carbocycles. The Hall–Kier alpha value is -0.330. The van der Waals surface area contributed by atoms with Crippen molar-refractivity contribution in [3.8, 4) is 0 Å². The maximum atomic E-state index is 11.6. The molecule has 0 aromatic rings. The zero-order valence-corrected chi connectivity index (χ0v) is 8.75. The summed E-state index contributed by atoms with van der Waals surface area (Å²) in [5.74, 6) is 3.36. The van der Waals surface area contributed by atoms with Crippen LogP contribution in [0.1, 0.15) is 46.0 Å². The van der Waals surface area contributed by atoms with Gasteiger partial charge in [0.1, 0.15) is 5.78 Å². The van der Waals surface area contributed by atoms with Crippen LogP contribution in [0, 0.1) is 23.7 Å². The van der Waals surface area contributed by atoms with Gasteiger partial charge < -0.3 is 0 Å². The molecule has 0 unspecified atom stereocenters. The SMILES string of the molecule is CC(C)C(=O)CC(C1CC1)C1CC1. The third kappa shape index (κ3) is 2.32. The van der Waals surface area contributed by atoms with Gasteiger partial charge in [-0.05, 0) is 43.4 Å². The lowest BCUT2D eigenvalue weighted by molar-refractivity contribution is -0.123. The number of hydrogen-bond donors (Lipinski definition) is 0. The number of ketones is 1. The normalized spacial score (nSPS) is 22.8. The fourth-order valence-corrected chi connectivity index (χ4v) is 2.23. The molecule has 0 saturated heterocycles. The number of carbonyl (C=O) groups is 1. The Bertz CT molecular complexity index is 187. The Balaban J connectivity index is 1.85. The van der Waals surface area contributed by atoms with Gasteiger partial charge >= 0.3 is 0 Å². The van der Waals surface area contributed by atoms with E-state index in [9.17, 15) is 4.79 Å². The molecule has 2 rings (SSSR count). The van der Waals surface area contributed by atoms with E-state index in [0.29, 0.717) is 5.78 Å². The average molecular weight is 180 g/mol. The minimum Gasteiger partial charge on any atom is -0.299 e. The quantitative estimate of drug-likeness (QED) is 0.635. The number of rotatable bonds is 5. The molecule has 0 heterocycles. The van der Waals surface area contributed by atoms with Gasteiger partial charge in [-0.1, -0.05) is 13.8 Å². The van der Waals surface area contributed by atoms with Gasteiger partial charge in [0.2, 0.25) is 0 Å². The molecule has 0 spiro atoms. The lowest BCUT2D eigenvalue weighted by Gasteiger charge is -2.15. The van der Waals surface area contributed by atoms with Crippen LogP contribution in [-0.4, -0.2) is 5.78 Å². The van der Waals surface area contributed by atoms with Crippen LogP contribution >= 0.6 is 0 Å². The zero-order valence-electron chi connectivity index (χ0n) is 8.75. The van der Waals surface area contributed by atoms with Gasteiger partial charge in [0, 0.05) is 12.3 Å². The molecule has 0 aromatic heterocycles. The van der Waals surface area contributed by atoms with Crippen molar-refractivity contribution >= 4 is 5.78 Å². The first-order valence-electron chi connectivity index (χ1n) is 5.71. The molecule has 0 N–H and O–H groups in total. The van der Waals surface area contributed by atoms with Crippen molar-refractivity contribution in [2.24, 2.45) is 23.7 Å². The van der Waals surface area contributed by atoms with Crippen LogP contribution in [0.4, 0.5) is 0 Å². The minimum atomic E-state index is 0.250. The summed E-state index contributed by atoms with van der Waals surface area (Å²) in [6.45, 7) is 4.05. The number of hydrogen-bond acceptors (Lipinski definition) is 1. The summed E-state index contributed by atoms with van der Waals surface area (Å²) in [7, 11) is 0. The average Bonchev–Trinajstić information content (AvgIpc) is 2.90. The van der Waals surface area contributed by atoms with E-state index in [0.717, 1.165) is 24.2 Å². The fraction of sp³-hybridized carbons (Fsp3) is 0.917. The molecule has 0 radical (unpaired) electrons. The zero-order chi connectivity index (χ0) is 9.42. The molecular formula is C12H20O. The molecule has 1 nitrogen and oxygen atoms in total. The standard InChI is InChI=1S/C12H20O/c1-8(2)12(13)7-11(9-3-4-9)10-5-6-10/h8-11H,3-7H2,1-2H3. The van der Waals surface area contributed by atoms with E-state index < -0.39 is 0 Å². The van der Waals surface area contributed by atoms with Crippen LogP contribution in [0.3, 0.4) is 0 Å². The maximum absolute atomic E-state index is 11.6. The van der Waals surface area contributed by atoms with Gasteiger partial charge in [-0.25, -0.2) is 0 Å². The van der Waals surface area contributed by atoms with Crippen molar-refractivity contribution in [3.05, 3.63) is 0 Å². The van der Waals surface area contributed by atoms with Crippen molar-refractivity contribution in [1.82, 2.24) is 0 Å². The Morgan fingerprint density at radius 2 is 1.62 bits per heavy atom. The fourth-order valence-electron chi connectivity index (χ4n) is 2.23. The number of Topliss-reactive ketones (excluding diaryl/α,β-unsaturated/α-hetero) is 1. The second-order valence-electron chi connectivity index (χ2n) is 5.16. The van der Waals surface area contributed by atoms with Crippen molar-refractivity contribution in [2.75, 3.05) is 0 Å². The monoisotopic (exact) mass is 180 g/mol. The second kappa shape index (κ2) is 3.43.